The summed E-state index contributed by atoms with van der Waals surface area (Å²) in [6, 6.07) is 5.82. The molecule has 14 heteroatoms. The van der Waals surface area contributed by atoms with Gasteiger partial charge in [-0.25, -0.2) is 13.2 Å². The second kappa shape index (κ2) is 10.8. The first-order valence-corrected chi connectivity index (χ1v) is 16.0. The van der Waals surface area contributed by atoms with Gasteiger partial charge in [-0.15, -0.1) is 11.3 Å². The van der Waals surface area contributed by atoms with Gasteiger partial charge >= 0.3 is 6.01 Å². The van der Waals surface area contributed by atoms with E-state index in [0.29, 0.717) is 50.6 Å². The number of rotatable bonds is 5. The van der Waals surface area contributed by atoms with Gasteiger partial charge in [0.15, 0.2) is 5.82 Å². The molecule has 0 spiro atoms. The van der Waals surface area contributed by atoms with Crippen molar-refractivity contribution >= 4 is 54.7 Å². The van der Waals surface area contributed by atoms with Gasteiger partial charge in [0.2, 0.25) is 0 Å². The average molecular weight is 657 g/mol. The van der Waals surface area contributed by atoms with Crippen LogP contribution in [0.15, 0.2) is 18.2 Å². The molecule has 6 heterocycles. The Morgan fingerprint density at radius 2 is 1.93 bits per heavy atom. The highest BCUT2D eigenvalue weighted by atomic mass is 35.5. The Kier molecular flexibility index (Phi) is 6.99. The van der Waals surface area contributed by atoms with E-state index in [2.05, 4.69) is 14.8 Å². The number of hydrogen-bond donors (Lipinski definition) is 1. The van der Waals surface area contributed by atoms with Gasteiger partial charge in [-0.1, -0.05) is 17.7 Å². The number of alkyl halides is 1. The van der Waals surface area contributed by atoms with Crippen molar-refractivity contribution in [3.63, 3.8) is 0 Å². The van der Waals surface area contributed by atoms with Crippen LogP contribution >= 0.6 is 22.9 Å². The van der Waals surface area contributed by atoms with E-state index in [9.17, 15) is 14.0 Å². The zero-order chi connectivity index (χ0) is 31.0. The Hall–Kier alpha value is -3.41. The molecule has 2 bridgehead atoms. The van der Waals surface area contributed by atoms with Crippen LogP contribution < -0.4 is 15.4 Å². The van der Waals surface area contributed by atoms with Gasteiger partial charge < -0.3 is 24.8 Å². The van der Waals surface area contributed by atoms with Crippen molar-refractivity contribution in [1.29, 1.82) is 5.26 Å². The summed E-state index contributed by atoms with van der Waals surface area (Å²) in [6.45, 7) is 2.91. The van der Waals surface area contributed by atoms with Gasteiger partial charge in [-0.3, -0.25) is 4.90 Å². The summed E-state index contributed by atoms with van der Waals surface area (Å²) in [4.78, 5) is 13.6. The third-order valence-electron chi connectivity index (χ3n) is 9.54. The van der Waals surface area contributed by atoms with Crippen molar-refractivity contribution in [2.75, 3.05) is 56.8 Å². The van der Waals surface area contributed by atoms with E-state index >= 15 is 4.39 Å². The third kappa shape index (κ3) is 4.52. The Bertz CT molecular complexity index is 1880. The summed E-state index contributed by atoms with van der Waals surface area (Å²) >= 11 is 7.76. The number of ether oxygens (including phenoxy) is 3. The summed E-state index contributed by atoms with van der Waals surface area (Å²) in [6.07, 6.45) is 1.16. The van der Waals surface area contributed by atoms with Crippen LogP contribution in [0.25, 0.3) is 32.1 Å². The number of thiophene rings is 1. The Morgan fingerprint density at radius 3 is 2.67 bits per heavy atom. The molecule has 9 nitrogen and oxygen atoms in total. The van der Waals surface area contributed by atoms with Gasteiger partial charge in [0.1, 0.15) is 41.0 Å². The zero-order valence-electron chi connectivity index (χ0n) is 24.0. The van der Waals surface area contributed by atoms with Crippen LogP contribution in [0.3, 0.4) is 0 Å². The molecule has 0 aliphatic carbocycles. The molecule has 4 fully saturated rings. The molecule has 234 valence electrons. The monoisotopic (exact) mass is 656 g/mol. The van der Waals surface area contributed by atoms with Crippen LogP contribution in [-0.4, -0.2) is 84.8 Å². The molecule has 0 amide bonds. The predicted molar refractivity (Wildman–Crippen MR) is 165 cm³/mol. The van der Waals surface area contributed by atoms with E-state index in [4.69, 9.17) is 36.5 Å². The highest BCUT2D eigenvalue weighted by Gasteiger charge is 2.49. The first-order valence-electron chi connectivity index (χ1n) is 14.8. The molecular weight excluding hydrogens is 629 g/mol. The van der Waals surface area contributed by atoms with Crippen molar-refractivity contribution in [3.8, 4) is 23.2 Å². The number of nitrogens with zero attached hydrogens (tertiary/aromatic N) is 5. The van der Waals surface area contributed by atoms with Gasteiger partial charge in [0.25, 0.3) is 0 Å². The first kappa shape index (κ1) is 29.0. The molecule has 4 aromatic rings. The first-order chi connectivity index (χ1) is 21.8. The average Bonchev–Trinajstić information content (AvgIpc) is 3.66. The minimum atomic E-state index is -0.936. The number of benzene rings is 2. The molecule has 2 aromatic carbocycles. The second-order valence-corrected chi connectivity index (χ2v) is 13.6. The number of aromatic nitrogens is 2. The van der Waals surface area contributed by atoms with E-state index in [1.165, 1.54) is 12.1 Å². The molecule has 4 aliphatic heterocycles. The van der Waals surface area contributed by atoms with Crippen LogP contribution in [0, 0.1) is 23.0 Å². The van der Waals surface area contributed by atoms with E-state index in [1.54, 1.807) is 6.07 Å². The predicted octanol–water partition coefficient (Wildman–Crippen LogP) is 5.46. The minimum absolute atomic E-state index is 0.0372. The van der Waals surface area contributed by atoms with Gasteiger partial charge in [-0.2, -0.15) is 15.2 Å². The fourth-order valence-corrected chi connectivity index (χ4v) is 8.81. The molecule has 45 heavy (non-hydrogen) atoms. The van der Waals surface area contributed by atoms with Crippen molar-refractivity contribution < 1.29 is 27.4 Å². The molecule has 0 radical (unpaired) electrons. The number of nitriles is 1. The standard InChI is InChI=1S/C31H28ClF3N6O3S/c32-21-6-19-26(25(35)24(21)18-2-3-22(34)27-23(18)20(8-36)28(37)45-27)38-30(44-14-31-4-1-5-40(31)9-15(33)7-31)39-29(19)41-16-10-42-12-17(41)13-43-11-16/h2-3,6,15-17H,1,4-5,7,9-14,37H2/t15-,16?,17?,31+/m1/s1. The summed E-state index contributed by atoms with van der Waals surface area (Å²) in [5.41, 5.74) is 5.78. The number of anilines is 2. The molecule has 2 N–H and O–H groups in total. The van der Waals surface area contributed by atoms with Crippen LogP contribution in [0.2, 0.25) is 5.02 Å². The smallest absolute Gasteiger partial charge is 0.319 e. The normalized spacial score (nSPS) is 26.5. The Morgan fingerprint density at radius 1 is 1.18 bits per heavy atom. The highest BCUT2D eigenvalue weighted by molar-refractivity contribution is 7.23. The number of nitrogen functional groups attached to an aromatic ring is 1. The molecule has 4 aliphatic rings. The highest BCUT2D eigenvalue weighted by Crippen LogP contribution is 2.46. The molecule has 0 saturated carbocycles. The second-order valence-electron chi connectivity index (χ2n) is 12.2. The minimum Gasteiger partial charge on any atom is -0.461 e. The quantitative estimate of drug-likeness (QED) is 0.300. The maximum absolute atomic E-state index is 16.9. The van der Waals surface area contributed by atoms with Gasteiger partial charge in [0.05, 0.1) is 59.3 Å². The summed E-state index contributed by atoms with van der Waals surface area (Å²) in [5.74, 6) is -0.915. The van der Waals surface area contributed by atoms with E-state index in [1.807, 2.05) is 6.07 Å². The fourth-order valence-electron chi connectivity index (χ4n) is 7.57. The van der Waals surface area contributed by atoms with Crippen LogP contribution in [0.1, 0.15) is 24.8 Å². The summed E-state index contributed by atoms with van der Waals surface area (Å²) in [7, 11) is 0. The lowest BCUT2D eigenvalue weighted by molar-refractivity contribution is -0.0349. The molecular formula is C31H28ClF3N6O3S. The van der Waals surface area contributed by atoms with Crippen LogP contribution in [-0.2, 0) is 9.47 Å². The van der Waals surface area contributed by atoms with Gasteiger partial charge in [-0.05, 0) is 37.1 Å². The molecule has 8 rings (SSSR count). The molecule has 4 saturated heterocycles. The number of morpholine rings is 2. The van der Waals surface area contributed by atoms with Crippen molar-refractivity contribution in [2.45, 2.75) is 43.1 Å². The van der Waals surface area contributed by atoms with Crippen LogP contribution in [0.4, 0.5) is 24.0 Å². The summed E-state index contributed by atoms with van der Waals surface area (Å²) in [5, 5.41) is 10.6. The number of hydrogen-bond acceptors (Lipinski definition) is 10. The van der Waals surface area contributed by atoms with Crippen molar-refractivity contribution in [1.82, 2.24) is 14.9 Å². The fraction of sp³-hybridized carbons (Fsp3) is 0.452. The Balaban J connectivity index is 1.31. The number of nitrogens with two attached hydrogens (primary N) is 1. The van der Waals surface area contributed by atoms with Crippen molar-refractivity contribution in [2.24, 2.45) is 0 Å². The number of halogens is 4. The SMILES string of the molecule is N#Cc1c(N)sc2c(F)ccc(-c3c(Cl)cc4c(N5C6COCC5COC6)nc(OC[C@@]56CCCN5C[C@H](F)C6)nc4c3F)c12. The maximum atomic E-state index is 16.9. The number of fused-ring (bicyclic) bond motifs is 5. The van der Waals surface area contributed by atoms with E-state index < -0.39 is 23.3 Å². The topological polar surface area (TPSA) is 110 Å². The largest absolute Gasteiger partial charge is 0.461 e. The van der Waals surface area contributed by atoms with E-state index in [0.717, 1.165) is 30.7 Å². The molecule has 2 aromatic heterocycles. The summed E-state index contributed by atoms with van der Waals surface area (Å²) < 4.78 is 64.2. The lowest BCUT2D eigenvalue weighted by Gasteiger charge is -2.46. The lowest BCUT2D eigenvalue weighted by atomic mass is 9.95. The Labute approximate surface area is 265 Å². The van der Waals surface area contributed by atoms with Gasteiger partial charge in [0, 0.05) is 29.3 Å². The third-order valence-corrected chi connectivity index (χ3v) is 10.9. The zero-order valence-corrected chi connectivity index (χ0v) is 25.6. The van der Waals surface area contributed by atoms with E-state index in [-0.39, 0.29) is 67.0 Å². The molecule has 2 atom stereocenters. The molecule has 0 unspecified atom stereocenters. The van der Waals surface area contributed by atoms with Crippen LogP contribution in [0.5, 0.6) is 6.01 Å². The maximum Gasteiger partial charge on any atom is 0.319 e. The lowest BCUT2D eigenvalue weighted by Crippen LogP contribution is -2.60. The van der Waals surface area contributed by atoms with Crippen molar-refractivity contribution in [3.05, 3.63) is 40.4 Å².